The molecule has 2 N–H and O–H groups in total. The molecule has 11 heteroatoms. The van der Waals surface area contributed by atoms with E-state index in [0.29, 0.717) is 17.7 Å². The molecule has 0 bridgehead atoms. The zero-order valence-electron chi connectivity index (χ0n) is 16.8. The van der Waals surface area contributed by atoms with Crippen LogP contribution in [-0.2, 0) is 16.1 Å². The number of aromatic nitrogens is 6. The van der Waals surface area contributed by atoms with Crippen LogP contribution in [0, 0.1) is 0 Å². The van der Waals surface area contributed by atoms with Gasteiger partial charge in [-0.05, 0) is 24.6 Å². The van der Waals surface area contributed by atoms with Crippen LogP contribution in [0.3, 0.4) is 0 Å². The van der Waals surface area contributed by atoms with Gasteiger partial charge >= 0.3 is 5.97 Å². The van der Waals surface area contributed by atoms with Gasteiger partial charge < -0.3 is 14.6 Å². The zero-order chi connectivity index (χ0) is 22.0. The van der Waals surface area contributed by atoms with Crippen LogP contribution < -0.4 is 10.9 Å². The number of hydrogen-bond acceptors (Lipinski definition) is 7. The number of fused-ring (bicyclic) bond motifs is 1. The summed E-state index contributed by atoms with van der Waals surface area (Å²) in [6.45, 7) is 3.80. The highest BCUT2D eigenvalue weighted by molar-refractivity contribution is 5.89. The number of benzene rings is 1. The van der Waals surface area contributed by atoms with E-state index >= 15 is 0 Å². The maximum Gasteiger partial charge on any atom is 0.341 e. The van der Waals surface area contributed by atoms with Crippen molar-refractivity contribution in [3.8, 4) is 5.95 Å². The first-order chi connectivity index (χ1) is 14.9. The van der Waals surface area contributed by atoms with E-state index in [9.17, 15) is 14.4 Å². The molecule has 4 aromatic rings. The van der Waals surface area contributed by atoms with Crippen molar-refractivity contribution < 1.29 is 14.3 Å². The number of nitrogens with one attached hydrogen (secondary N) is 2. The molecule has 0 aliphatic heterocycles. The Morgan fingerprint density at radius 3 is 2.71 bits per heavy atom. The fourth-order valence-corrected chi connectivity index (χ4v) is 3.05. The highest BCUT2D eigenvalue weighted by Crippen LogP contribution is 2.14. The molecule has 3 aromatic heterocycles. The summed E-state index contributed by atoms with van der Waals surface area (Å²) in [6.07, 6.45) is 4.30. The van der Waals surface area contributed by atoms with Gasteiger partial charge in [-0.2, -0.15) is 10.1 Å². The molecular weight excluding hydrogens is 402 g/mol. The lowest BCUT2D eigenvalue weighted by molar-refractivity contribution is -0.114. The van der Waals surface area contributed by atoms with Gasteiger partial charge in [0, 0.05) is 25.4 Å². The number of carbonyl (C=O) groups excluding carboxylic acids is 2. The molecule has 0 unspecified atom stereocenters. The van der Waals surface area contributed by atoms with Crippen LogP contribution in [0.25, 0.3) is 17.1 Å². The van der Waals surface area contributed by atoms with E-state index in [0.717, 1.165) is 5.56 Å². The van der Waals surface area contributed by atoms with Gasteiger partial charge in [0.1, 0.15) is 0 Å². The largest absolute Gasteiger partial charge is 0.462 e. The number of H-pyrrole nitrogens is 1. The lowest BCUT2D eigenvalue weighted by atomic mass is 10.2. The number of aromatic amines is 1. The quantitative estimate of drug-likeness (QED) is 0.450. The number of rotatable bonds is 6. The predicted octanol–water partition coefficient (Wildman–Crippen LogP) is 1.49. The fourth-order valence-electron chi connectivity index (χ4n) is 3.05. The third-order valence-electron chi connectivity index (χ3n) is 4.41. The molecule has 0 atom stereocenters. The van der Waals surface area contributed by atoms with E-state index in [-0.39, 0.29) is 35.2 Å². The molecule has 1 amide bonds. The molecule has 0 radical (unpaired) electrons. The van der Waals surface area contributed by atoms with Crippen molar-refractivity contribution in [1.29, 1.82) is 0 Å². The van der Waals surface area contributed by atoms with Crippen LogP contribution in [0.2, 0.25) is 0 Å². The highest BCUT2D eigenvalue weighted by atomic mass is 16.5. The molecule has 158 valence electrons. The summed E-state index contributed by atoms with van der Waals surface area (Å²) < 4.78 is 7.91. The first-order valence-corrected chi connectivity index (χ1v) is 9.48. The monoisotopic (exact) mass is 421 g/mol. The van der Waals surface area contributed by atoms with Gasteiger partial charge in [0.25, 0.3) is 5.56 Å². The third-order valence-corrected chi connectivity index (χ3v) is 4.41. The van der Waals surface area contributed by atoms with Crippen LogP contribution in [0.4, 0.5) is 5.69 Å². The SMILES string of the molecule is CCOC(=O)c1cnn(-c2nc3ncn(Cc4ccc(NC(C)=O)cc4)c3c(=O)[nH]2)c1. The minimum atomic E-state index is -0.508. The van der Waals surface area contributed by atoms with Gasteiger partial charge in [0.15, 0.2) is 11.2 Å². The second-order valence-electron chi connectivity index (χ2n) is 6.71. The Labute approximate surface area is 175 Å². The van der Waals surface area contributed by atoms with Gasteiger partial charge in [-0.1, -0.05) is 12.1 Å². The summed E-state index contributed by atoms with van der Waals surface area (Å²) in [5.74, 6) is -0.516. The zero-order valence-corrected chi connectivity index (χ0v) is 16.8. The van der Waals surface area contributed by atoms with Gasteiger partial charge in [-0.15, -0.1) is 0 Å². The Balaban J connectivity index is 1.60. The van der Waals surface area contributed by atoms with E-state index in [1.807, 2.05) is 12.1 Å². The second-order valence-corrected chi connectivity index (χ2v) is 6.71. The molecule has 1 aromatic carbocycles. The van der Waals surface area contributed by atoms with Crippen molar-refractivity contribution in [3.05, 3.63) is 64.5 Å². The van der Waals surface area contributed by atoms with Crippen LogP contribution in [0.1, 0.15) is 29.8 Å². The summed E-state index contributed by atoms with van der Waals surface area (Å²) in [4.78, 5) is 46.9. The molecule has 4 rings (SSSR count). The highest BCUT2D eigenvalue weighted by Gasteiger charge is 2.15. The number of nitrogens with zero attached hydrogens (tertiary/aromatic N) is 5. The maximum absolute atomic E-state index is 12.7. The standard InChI is InChI=1S/C20H19N7O4/c1-3-31-19(30)14-8-22-27(10-14)20-24-17-16(18(29)25-20)26(11-21-17)9-13-4-6-15(7-5-13)23-12(2)28/h4-8,10-11H,3,9H2,1-2H3,(H,23,28)(H,24,25,29). The van der Waals surface area contributed by atoms with Gasteiger partial charge in [0.05, 0.1) is 24.7 Å². The van der Waals surface area contributed by atoms with Crippen molar-refractivity contribution in [3.63, 3.8) is 0 Å². The second kappa shape index (κ2) is 8.22. The molecule has 31 heavy (non-hydrogen) atoms. The molecule has 11 nitrogen and oxygen atoms in total. The summed E-state index contributed by atoms with van der Waals surface area (Å²) in [7, 11) is 0. The van der Waals surface area contributed by atoms with E-state index in [2.05, 4.69) is 25.4 Å². The number of esters is 1. The molecule has 0 saturated heterocycles. The smallest absolute Gasteiger partial charge is 0.341 e. The maximum atomic E-state index is 12.7. The Morgan fingerprint density at radius 2 is 2.00 bits per heavy atom. The number of carbonyl (C=O) groups is 2. The number of hydrogen-bond donors (Lipinski definition) is 2. The molecule has 0 aliphatic rings. The average molecular weight is 421 g/mol. The topological polar surface area (TPSA) is 137 Å². The summed E-state index contributed by atoms with van der Waals surface area (Å²) in [5, 5.41) is 6.77. The van der Waals surface area contributed by atoms with Crippen molar-refractivity contribution in [2.75, 3.05) is 11.9 Å². The molecule has 3 heterocycles. The van der Waals surface area contributed by atoms with E-state index < -0.39 is 5.97 Å². The molecular formula is C20H19N7O4. The van der Waals surface area contributed by atoms with Gasteiger partial charge in [-0.25, -0.2) is 14.5 Å². The Kier molecular flexibility index (Phi) is 5.31. The Hall–Kier alpha value is -4.28. The summed E-state index contributed by atoms with van der Waals surface area (Å²) >= 11 is 0. The van der Waals surface area contributed by atoms with Crippen molar-refractivity contribution >= 4 is 28.7 Å². The molecule has 0 aliphatic carbocycles. The minimum absolute atomic E-state index is 0.137. The van der Waals surface area contributed by atoms with E-state index in [1.165, 1.54) is 30.3 Å². The molecule has 0 spiro atoms. The summed E-state index contributed by atoms with van der Waals surface area (Å²) in [5.41, 5.74) is 2.04. The normalized spacial score (nSPS) is 10.9. The van der Waals surface area contributed by atoms with Crippen LogP contribution in [-0.4, -0.2) is 47.8 Å². The number of ether oxygens (including phenoxy) is 1. The van der Waals surface area contributed by atoms with Crippen molar-refractivity contribution in [1.82, 2.24) is 29.3 Å². The van der Waals surface area contributed by atoms with E-state index in [4.69, 9.17) is 4.74 Å². The lowest BCUT2D eigenvalue weighted by Gasteiger charge is -2.06. The van der Waals surface area contributed by atoms with Crippen molar-refractivity contribution in [2.24, 2.45) is 0 Å². The van der Waals surface area contributed by atoms with Crippen LogP contribution >= 0.6 is 0 Å². The van der Waals surface area contributed by atoms with E-state index in [1.54, 1.807) is 23.6 Å². The number of anilines is 1. The first kappa shape index (κ1) is 20.0. The average Bonchev–Trinajstić information content (AvgIpc) is 3.37. The van der Waals surface area contributed by atoms with Gasteiger partial charge in [0.2, 0.25) is 11.9 Å². The lowest BCUT2D eigenvalue weighted by Crippen LogP contribution is -2.16. The van der Waals surface area contributed by atoms with Crippen LogP contribution in [0.5, 0.6) is 0 Å². The minimum Gasteiger partial charge on any atom is -0.462 e. The molecule has 0 fully saturated rings. The number of amides is 1. The Bertz CT molecular complexity index is 1320. The molecule has 0 saturated carbocycles. The first-order valence-electron chi connectivity index (χ1n) is 9.48. The predicted molar refractivity (Wildman–Crippen MR) is 111 cm³/mol. The van der Waals surface area contributed by atoms with Gasteiger partial charge in [-0.3, -0.25) is 14.6 Å². The van der Waals surface area contributed by atoms with Crippen molar-refractivity contribution in [2.45, 2.75) is 20.4 Å². The number of imidazole rings is 1. The van der Waals surface area contributed by atoms with Crippen LogP contribution in [0.15, 0.2) is 47.8 Å². The Morgan fingerprint density at radius 1 is 1.23 bits per heavy atom. The fraction of sp³-hybridized carbons (Fsp3) is 0.200. The summed E-state index contributed by atoms with van der Waals surface area (Å²) in [6, 6.07) is 7.28. The third kappa shape index (κ3) is 4.20.